The molecule has 0 aromatic rings. The molecular formula is C6H8N2. The van der Waals surface area contributed by atoms with Crippen molar-refractivity contribution in [3.63, 3.8) is 0 Å². The number of hydrogen-bond donors (Lipinski definition) is 1. The average molecular weight is 108 g/mol. The molecule has 1 aliphatic rings. The van der Waals surface area contributed by atoms with Gasteiger partial charge in [0.15, 0.2) is 0 Å². The molecule has 0 aromatic carbocycles. The molecule has 0 aromatic heterocycles. The maximum absolute atomic E-state index is 6.76. The molecule has 1 rings (SSSR count). The van der Waals surface area contributed by atoms with Crippen LogP contribution in [0.3, 0.4) is 0 Å². The quantitative estimate of drug-likeness (QED) is 0.460. The van der Waals surface area contributed by atoms with E-state index in [0.717, 1.165) is 12.1 Å². The van der Waals surface area contributed by atoms with E-state index in [2.05, 4.69) is 5.87 Å². The molecule has 1 N–H and O–H groups in total. The molecule has 1 aliphatic heterocycles. The summed E-state index contributed by atoms with van der Waals surface area (Å²) in [6.07, 6.45) is 4.81. The van der Waals surface area contributed by atoms with Gasteiger partial charge < -0.3 is 4.90 Å². The van der Waals surface area contributed by atoms with Crippen molar-refractivity contribution >= 4 is 5.87 Å². The second-order valence-corrected chi connectivity index (χ2v) is 1.77. The van der Waals surface area contributed by atoms with Gasteiger partial charge in [-0.2, -0.15) is 0 Å². The van der Waals surface area contributed by atoms with Gasteiger partial charge in [0.25, 0.3) is 0 Å². The van der Waals surface area contributed by atoms with Gasteiger partial charge in [0.1, 0.15) is 0 Å². The summed E-state index contributed by atoms with van der Waals surface area (Å²) in [4.78, 5) is 1.90. The summed E-state index contributed by atoms with van der Waals surface area (Å²) in [6.45, 7) is 0. The normalized spacial score (nSPS) is 17.1. The van der Waals surface area contributed by atoms with Crippen LogP contribution in [-0.4, -0.2) is 17.8 Å². The van der Waals surface area contributed by atoms with Crippen LogP contribution in [0.4, 0.5) is 0 Å². The highest BCUT2D eigenvalue weighted by Gasteiger charge is 2.03. The zero-order valence-corrected chi connectivity index (χ0v) is 4.81. The van der Waals surface area contributed by atoms with Gasteiger partial charge in [0.2, 0.25) is 0 Å². The lowest BCUT2D eigenvalue weighted by molar-refractivity contribution is 0.594. The average Bonchev–Trinajstić information content (AvgIpc) is 2.14. The van der Waals surface area contributed by atoms with E-state index in [1.807, 2.05) is 24.2 Å². The summed E-state index contributed by atoms with van der Waals surface area (Å²) in [6, 6.07) is 0. The van der Waals surface area contributed by atoms with E-state index < -0.39 is 0 Å². The molecule has 0 saturated carbocycles. The highest BCUT2D eigenvalue weighted by Crippen LogP contribution is 2.11. The molecule has 0 spiro atoms. The molecule has 0 amide bonds. The largest absolute Gasteiger partial charge is 0.347 e. The lowest BCUT2D eigenvalue weighted by atomic mass is 10.4. The maximum Gasteiger partial charge on any atom is 0.0830 e. The molecule has 2 heteroatoms. The van der Waals surface area contributed by atoms with Crippen LogP contribution in [0.25, 0.3) is 0 Å². The number of nitrogens with one attached hydrogen (secondary N) is 1. The predicted molar refractivity (Wildman–Crippen MR) is 32.8 cm³/mol. The summed E-state index contributed by atoms with van der Waals surface area (Å²) in [7, 11) is 1.92. The van der Waals surface area contributed by atoms with Gasteiger partial charge in [-0.05, 0) is 5.87 Å². The lowest BCUT2D eigenvalue weighted by Crippen LogP contribution is -2.03. The number of nitrogens with zero attached hydrogens (tertiary/aromatic N) is 1. The number of rotatable bonds is 0. The van der Waals surface area contributed by atoms with Crippen molar-refractivity contribution in [1.82, 2.24) is 4.90 Å². The lowest BCUT2D eigenvalue weighted by Gasteiger charge is -2.05. The minimum atomic E-state index is 0.861. The van der Waals surface area contributed by atoms with Crippen LogP contribution in [-0.2, 0) is 0 Å². The fourth-order valence-electron chi connectivity index (χ4n) is 0.696. The van der Waals surface area contributed by atoms with E-state index in [1.165, 1.54) is 0 Å². The van der Waals surface area contributed by atoms with Gasteiger partial charge >= 0.3 is 0 Å². The van der Waals surface area contributed by atoms with Crippen LogP contribution in [0, 0.1) is 5.41 Å². The van der Waals surface area contributed by atoms with Crippen molar-refractivity contribution in [1.29, 1.82) is 5.41 Å². The molecule has 0 atom stereocenters. The fraction of sp³-hybridized carbons (Fsp3) is 0.333. The predicted octanol–water partition coefficient (Wildman–Crippen LogP) is 0.968. The van der Waals surface area contributed by atoms with Crippen LogP contribution in [0.1, 0.15) is 6.42 Å². The van der Waals surface area contributed by atoms with Gasteiger partial charge in [0.05, 0.1) is 5.70 Å². The first kappa shape index (κ1) is 5.13. The molecule has 8 heavy (non-hydrogen) atoms. The number of allylic oxidation sites excluding steroid dienone is 1. The molecule has 0 aliphatic carbocycles. The number of hydrogen-bond acceptors (Lipinski definition) is 2. The minimum absolute atomic E-state index is 0.861. The van der Waals surface area contributed by atoms with Crippen molar-refractivity contribution < 1.29 is 0 Å². The Bertz CT molecular complexity index is 163. The van der Waals surface area contributed by atoms with Crippen LogP contribution in [0.2, 0.25) is 0 Å². The third-order valence-electron chi connectivity index (χ3n) is 1.21. The Kier molecular flexibility index (Phi) is 1.18. The Hall–Kier alpha value is -1.01. The smallest absolute Gasteiger partial charge is 0.0830 e. The van der Waals surface area contributed by atoms with E-state index in [9.17, 15) is 0 Å². The van der Waals surface area contributed by atoms with Gasteiger partial charge in [-0.1, -0.05) is 6.08 Å². The van der Waals surface area contributed by atoms with Crippen LogP contribution < -0.4 is 0 Å². The maximum atomic E-state index is 6.76. The highest BCUT2D eigenvalue weighted by atomic mass is 15.1. The van der Waals surface area contributed by atoms with E-state index in [-0.39, 0.29) is 0 Å². The van der Waals surface area contributed by atoms with Crippen LogP contribution >= 0.6 is 0 Å². The second-order valence-electron chi connectivity index (χ2n) is 1.77. The van der Waals surface area contributed by atoms with E-state index in [0.29, 0.717) is 0 Å². The molecule has 0 fully saturated rings. The Labute approximate surface area is 48.6 Å². The molecule has 1 heterocycles. The Balaban J connectivity index is 2.79. The Morgan fingerprint density at radius 3 is 2.88 bits per heavy atom. The highest BCUT2D eigenvalue weighted by molar-refractivity contribution is 5.55. The SMILES string of the molecule is CN1C=CCC1=C=N. The fourth-order valence-corrected chi connectivity index (χ4v) is 0.696. The minimum Gasteiger partial charge on any atom is -0.347 e. The molecule has 0 radical (unpaired) electrons. The summed E-state index contributed by atoms with van der Waals surface area (Å²) in [5.41, 5.74) is 0.935. The zero-order valence-electron chi connectivity index (χ0n) is 4.81. The third-order valence-corrected chi connectivity index (χ3v) is 1.21. The molecule has 42 valence electrons. The first-order valence-corrected chi connectivity index (χ1v) is 2.52. The van der Waals surface area contributed by atoms with Crippen LogP contribution in [0.15, 0.2) is 18.0 Å². The molecule has 0 bridgehead atoms. The first-order valence-electron chi connectivity index (χ1n) is 2.52. The van der Waals surface area contributed by atoms with E-state index in [4.69, 9.17) is 5.41 Å². The molecular weight excluding hydrogens is 100 g/mol. The molecule has 0 saturated heterocycles. The molecule has 2 nitrogen and oxygen atoms in total. The molecule has 0 unspecified atom stereocenters. The van der Waals surface area contributed by atoms with Gasteiger partial charge in [-0.25, -0.2) is 0 Å². The summed E-state index contributed by atoms with van der Waals surface area (Å²) < 4.78 is 0. The van der Waals surface area contributed by atoms with E-state index in [1.54, 1.807) is 0 Å². The summed E-state index contributed by atoms with van der Waals surface area (Å²) in [5, 5.41) is 6.76. The van der Waals surface area contributed by atoms with Crippen LogP contribution in [0.5, 0.6) is 0 Å². The van der Waals surface area contributed by atoms with Crippen molar-refractivity contribution in [3.05, 3.63) is 18.0 Å². The van der Waals surface area contributed by atoms with Crippen molar-refractivity contribution in [2.24, 2.45) is 0 Å². The van der Waals surface area contributed by atoms with Crippen molar-refractivity contribution in [2.45, 2.75) is 6.42 Å². The van der Waals surface area contributed by atoms with E-state index >= 15 is 0 Å². The van der Waals surface area contributed by atoms with Crippen molar-refractivity contribution in [3.8, 4) is 0 Å². The first-order chi connectivity index (χ1) is 3.84. The Morgan fingerprint density at radius 2 is 2.62 bits per heavy atom. The van der Waals surface area contributed by atoms with Gasteiger partial charge in [-0.3, -0.25) is 5.41 Å². The summed E-state index contributed by atoms with van der Waals surface area (Å²) in [5.74, 6) is 2.34. The van der Waals surface area contributed by atoms with Crippen molar-refractivity contribution in [2.75, 3.05) is 7.05 Å². The third kappa shape index (κ3) is 0.658. The topological polar surface area (TPSA) is 27.1 Å². The zero-order chi connectivity index (χ0) is 5.98. The second kappa shape index (κ2) is 1.85. The van der Waals surface area contributed by atoms with Gasteiger partial charge in [0, 0.05) is 19.7 Å². The Morgan fingerprint density at radius 1 is 1.88 bits per heavy atom. The monoisotopic (exact) mass is 108 g/mol. The standard InChI is InChI=1S/C6H8N2/c1-8-4-2-3-6(8)5-7/h2,4,7H,3H2,1H3. The summed E-state index contributed by atoms with van der Waals surface area (Å²) >= 11 is 0. The van der Waals surface area contributed by atoms with Gasteiger partial charge in [-0.15, -0.1) is 0 Å².